The Morgan fingerprint density at radius 1 is 0.897 bits per heavy atom. The van der Waals surface area contributed by atoms with Crippen molar-refractivity contribution in [3.8, 4) is 17.1 Å². The van der Waals surface area contributed by atoms with E-state index in [1.807, 2.05) is 53.1 Å². The third-order valence-electron chi connectivity index (χ3n) is 6.18. The van der Waals surface area contributed by atoms with Crippen LogP contribution in [-0.2, 0) is 4.79 Å². The third kappa shape index (κ3) is 5.25. The van der Waals surface area contributed by atoms with Crippen LogP contribution in [0.4, 0.5) is 0 Å². The lowest BCUT2D eigenvalue weighted by Gasteiger charge is -2.10. The van der Waals surface area contributed by atoms with E-state index >= 15 is 0 Å². The molecule has 1 N–H and O–H groups in total. The van der Waals surface area contributed by atoms with Gasteiger partial charge in [-0.05, 0) is 64.0 Å². The molecule has 0 aliphatic rings. The smallest absolute Gasteiger partial charge is 0.250 e. The lowest BCUT2D eigenvalue weighted by atomic mass is 9.97. The van der Waals surface area contributed by atoms with Crippen LogP contribution in [0, 0.1) is 0 Å². The minimum absolute atomic E-state index is 0.107. The van der Waals surface area contributed by atoms with Crippen LogP contribution in [0.1, 0.15) is 5.56 Å². The second kappa shape index (κ2) is 11.1. The molecule has 0 radical (unpaired) electrons. The summed E-state index contributed by atoms with van der Waals surface area (Å²) in [6.07, 6.45) is 5.12. The molecule has 0 unspecified atom stereocenters. The Hall–Kier alpha value is -4.53. The predicted octanol–water partition coefficient (Wildman–Crippen LogP) is 6.53. The Labute approximate surface area is 233 Å². The summed E-state index contributed by atoms with van der Waals surface area (Å²) in [6, 6.07) is 29.6. The van der Waals surface area contributed by atoms with Gasteiger partial charge in [0.05, 0.1) is 12.0 Å². The summed E-state index contributed by atoms with van der Waals surface area (Å²) in [5, 5.41) is 18.6. The molecule has 190 valence electrons. The van der Waals surface area contributed by atoms with Crippen molar-refractivity contribution in [1.82, 2.24) is 25.2 Å². The molecular weight excluding hydrogens is 528 g/mol. The van der Waals surface area contributed by atoms with Crippen LogP contribution in [0.25, 0.3) is 38.6 Å². The number of hydrazone groups is 1. The second-order valence-corrected chi connectivity index (χ2v) is 10.0. The molecule has 0 aliphatic heterocycles. The zero-order valence-electron chi connectivity index (χ0n) is 20.5. The van der Waals surface area contributed by atoms with E-state index in [9.17, 15) is 4.79 Å². The zero-order chi connectivity index (χ0) is 26.6. The van der Waals surface area contributed by atoms with E-state index in [0.717, 1.165) is 38.4 Å². The van der Waals surface area contributed by atoms with Crippen LogP contribution in [0.5, 0.6) is 0 Å². The van der Waals surface area contributed by atoms with Gasteiger partial charge in [0.1, 0.15) is 0 Å². The number of nitrogens with one attached hydrogen (secondary N) is 1. The number of nitrogens with zero attached hydrogens (tertiary/aromatic N) is 5. The van der Waals surface area contributed by atoms with E-state index < -0.39 is 0 Å². The molecule has 9 heteroatoms. The first-order chi connectivity index (χ1) is 19.2. The molecule has 0 atom stereocenters. The molecule has 6 rings (SSSR count). The SMILES string of the molecule is O=C(CSc1nnc(-c2ccncc2)n1-c1ccc(Cl)cc1)N/N=C\c1c2ccccc2cc2ccccc12. The van der Waals surface area contributed by atoms with Gasteiger partial charge in [-0.15, -0.1) is 10.2 Å². The number of aromatic nitrogens is 4. The fourth-order valence-electron chi connectivity index (χ4n) is 4.39. The third-order valence-corrected chi connectivity index (χ3v) is 7.37. The highest BCUT2D eigenvalue weighted by molar-refractivity contribution is 7.99. The Kier molecular flexibility index (Phi) is 7.03. The first-order valence-corrected chi connectivity index (χ1v) is 13.5. The van der Waals surface area contributed by atoms with Gasteiger partial charge >= 0.3 is 0 Å². The number of pyridine rings is 1. The minimum atomic E-state index is -0.253. The van der Waals surface area contributed by atoms with Gasteiger partial charge in [0.25, 0.3) is 5.91 Å². The molecule has 0 fully saturated rings. The molecule has 6 aromatic rings. The van der Waals surface area contributed by atoms with Crippen molar-refractivity contribution < 1.29 is 4.79 Å². The van der Waals surface area contributed by atoms with Crippen molar-refractivity contribution in [2.45, 2.75) is 5.16 Å². The molecule has 2 aromatic heterocycles. The number of amides is 1. The van der Waals surface area contributed by atoms with Crippen molar-refractivity contribution in [3.05, 3.63) is 114 Å². The van der Waals surface area contributed by atoms with E-state index in [4.69, 9.17) is 11.6 Å². The molecule has 0 spiro atoms. The Morgan fingerprint density at radius 2 is 1.56 bits per heavy atom. The van der Waals surface area contributed by atoms with Crippen molar-refractivity contribution >= 4 is 57.0 Å². The van der Waals surface area contributed by atoms with E-state index in [-0.39, 0.29) is 11.7 Å². The van der Waals surface area contributed by atoms with Crippen molar-refractivity contribution in [2.24, 2.45) is 5.10 Å². The minimum Gasteiger partial charge on any atom is -0.272 e. The lowest BCUT2D eigenvalue weighted by molar-refractivity contribution is -0.118. The number of rotatable bonds is 7. The van der Waals surface area contributed by atoms with E-state index in [0.29, 0.717) is 16.0 Å². The van der Waals surface area contributed by atoms with Gasteiger partial charge in [-0.25, -0.2) is 5.43 Å². The average molecular weight is 549 g/mol. The monoisotopic (exact) mass is 548 g/mol. The largest absolute Gasteiger partial charge is 0.272 e. The zero-order valence-corrected chi connectivity index (χ0v) is 22.1. The van der Waals surface area contributed by atoms with Crippen LogP contribution in [0.15, 0.2) is 114 Å². The summed E-state index contributed by atoms with van der Waals surface area (Å²) in [4.78, 5) is 16.9. The normalized spacial score (nSPS) is 11.4. The Morgan fingerprint density at radius 3 is 2.26 bits per heavy atom. The quantitative estimate of drug-likeness (QED) is 0.106. The van der Waals surface area contributed by atoms with Gasteiger partial charge < -0.3 is 0 Å². The van der Waals surface area contributed by atoms with E-state index in [1.54, 1.807) is 30.7 Å². The molecule has 4 aromatic carbocycles. The molecule has 0 aliphatic carbocycles. The molecule has 2 heterocycles. The summed E-state index contributed by atoms with van der Waals surface area (Å²) in [7, 11) is 0. The molecular formula is C30H21ClN6OS. The molecule has 7 nitrogen and oxygen atoms in total. The van der Waals surface area contributed by atoms with Crippen molar-refractivity contribution in [2.75, 3.05) is 5.75 Å². The summed E-state index contributed by atoms with van der Waals surface area (Å²) in [5.74, 6) is 0.496. The average Bonchev–Trinajstić information content (AvgIpc) is 3.40. The molecule has 0 bridgehead atoms. The number of benzene rings is 4. The van der Waals surface area contributed by atoms with Crippen LogP contribution in [0.2, 0.25) is 5.02 Å². The van der Waals surface area contributed by atoms with Crippen LogP contribution < -0.4 is 5.43 Å². The maximum Gasteiger partial charge on any atom is 0.250 e. The molecule has 1 amide bonds. The van der Waals surface area contributed by atoms with E-state index in [2.05, 4.69) is 56.0 Å². The predicted molar refractivity (Wildman–Crippen MR) is 158 cm³/mol. The maximum atomic E-state index is 12.8. The molecule has 0 saturated heterocycles. The summed E-state index contributed by atoms with van der Waals surface area (Å²) in [6.45, 7) is 0. The molecule has 39 heavy (non-hydrogen) atoms. The maximum absolute atomic E-state index is 12.8. The summed E-state index contributed by atoms with van der Waals surface area (Å²) in [5.41, 5.74) is 5.31. The first-order valence-electron chi connectivity index (χ1n) is 12.1. The first kappa shape index (κ1) is 24.8. The standard InChI is InChI=1S/C30H21ClN6OS/c31-23-9-11-24(12-10-23)37-29(20-13-15-32-16-14-20)35-36-30(37)39-19-28(38)34-33-18-27-25-7-3-1-5-21(25)17-22-6-2-4-8-26(22)27/h1-18H,19H2,(H,34,38)/b33-18-. The molecule has 0 saturated carbocycles. The number of carbonyl (C=O) groups is 1. The lowest BCUT2D eigenvalue weighted by Crippen LogP contribution is -2.20. The Bertz CT molecular complexity index is 1770. The Balaban J connectivity index is 1.22. The number of thioether (sulfide) groups is 1. The number of carbonyl (C=O) groups excluding carboxylic acids is 1. The van der Waals surface area contributed by atoms with Gasteiger partial charge in [0, 0.05) is 34.2 Å². The summed E-state index contributed by atoms with van der Waals surface area (Å²) >= 11 is 7.39. The fourth-order valence-corrected chi connectivity index (χ4v) is 5.26. The van der Waals surface area contributed by atoms with Gasteiger partial charge in [-0.2, -0.15) is 5.10 Å². The van der Waals surface area contributed by atoms with Crippen LogP contribution >= 0.6 is 23.4 Å². The van der Waals surface area contributed by atoms with Gasteiger partial charge in [0.15, 0.2) is 11.0 Å². The van der Waals surface area contributed by atoms with Crippen LogP contribution in [0.3, 0.4) is 0 Å². The summed E-state index contributed by atoms with van der Waals surface area (Å²) < 4.78 is 1.90. The number of hydrogen-bond acceptors (Lipinski definition) is 6. The number of fused-ring (bicyclic) bond motifs is 2. The van der Waals surface area contributed by atoms with Gasteiger partial charge in [0.2, 0.25) is 0 Å². The van der Waals surface area contributed by atoms with Crippen LogP contribution in [-0.4, -0.2) is 37.6 Å². The second-order valence-electron chi connectivity index (χ2n) is 8.67. The highest BCUT2D eigenvalue weighted by atomic mass is 35.5. The fraction of sp³-hybridized carbons (Fsp3) is 0.0333. The van der Waals surface area contributed by atoms with E-state index in [1.165, 1.54) is 11.8 Å². The van der Waals surface area contributed by atoms with Gasteiger partial charge in [-0.3, -0.25) is 14.3 Å². The van der Waals surface area contributed by atoms with Crippen molar-refractivity contribution in [3.63, 3.8) is 0 Å². The highest BCUT2D eigenvalue weighted by Crippen LogP contribution is 2.29. The van der Waals surface area contributed by atoms with Gasteiger partial charge in [-0.1, -0.05) is 71.9 Å². The highest BCUT2D eigenvalue weighted by Gasteiger charge is 2.17. The van der Waals surface area contributed by atoms with Crippen molar-refractivity contribution in [1.29, 1.82) is 0 Å². The topological polar surface area (TPSA) is 85.1 Å². The number of halogens is 1. The number of hydrogen-bond donors (Lipinski definition) is 1.